The summed E-state index contributed by atoms with van der Waals surface area (Å²) in [6.45, 7) is 35.3. The number of likely N-dealkylation sites (tertiary alicyclic amines) is 1. The average Bonchev–Trinajstić information content (AvgIpc) is 4.04. The number of hydrogen-bond donors (Lipinski definition) is 5. The molecule has 8 heteroatoms. The fraction of sp³-hybridized carbons (Fsp3) is 0.364. The molecule has 7 nitrogen and oxygen atoms in total. The van der Waals surface area contributed by atoms with Gasteiger partial charge in [-0.2, -0.15) is 0 Å². The van der Waals surface area contributed by atoms with E-state index in [0.29, 0.717) is 18.2 Å². The van der Waals surface area contributed by atoms with Crippen molar-refractivity contribution in [2.45, 2.75) is 130 Å². The highest BCUT2D eigenvalue weighted by Crippen LogP contribution is 2.58. The minimum Gasteiger partial charge on any atom is -0.402 e. The Balaban J connectivity index is 0.000000653. The van der Waals surface area contributed by atoms with Crippen molar-refractivity contribution in [1.29, 1.82) is 0 Å². The van der Waals surface area contributed by atoms with E-state index in [1.807, 2.05) is 30.9 Å². The monoisotopic (exact) mass is 1000 g/mol. The number of nitrogens with two attached hydrogens (primary N) is 2. The van der Waals surface area contributed by atoms with Gasteiger partial charge in [0.2, 0.25) is 5.91 Å². The molecular formula is C66H80N6OS. The molecule has 9 rings (SSSR count). The van der Waals surface area contributed by atoms with E-state index >= 15 is 0 Å². The summed E-state index contributed by atoms with van der Waals surface area (Å²) in [6, 6.07) is 27.4. The molecule has 1 amide bonds. The molecule has 7 N–H and O–H groups in total. The van der Waals surface area contributed by atoms with Gasteiger partial charge in [0.1, 0.15) is 0 Å². The zero-order chi connectivity index (χ0) is 53.1. The van der Waals surface area contributed by atoms with Crippen LogP contribution in [0.3, 0.4) is 0 Å². The first-order chi connectivity index (χ1) is 35.3. The maximum atomic E-state index is 13.3. The number of carbonyl (C=O) groups excluding carboxylic acids is 1. The van der Waals surface area contributed by atoms with Gasteiger partial charge in [-0.25, -0.2) is 0 Å². The summed E-state index contributed by atoms with van der Waals surface area (Å²) in [4.78, 5) is 15.3. The number of hydrogen-bond acceptors (Lipinski definition) is 5. The lowest BCUT2D eigenvalue weighted by Crippen LogP contribution is -2.58. The Kier molecular flexibility index (Phi) is 16.3. The number of nitrogen functional groups attached to an aromatic ring is 1. The number of rotatable bonds is 18. The molecule has 1 aliphatic heterocycles. The largest absolute Gasteiger partial charge is 0.402 e. The van der Waals surface area contributed by atoms with Crippen molar-refractivity contribution in [1.82, 2.24) is 15.5 Å². The first-order valence-electron chi connectivity index (χ1n) is 26.9. The zero-order valence-corrected chi connectivity index (χ0v) is 46.0. The molecule has 1 saturated heterocycles. The molecule has 0 aromatic heterocycles. The number of amides is 1. The summed E-state index contributed by atoms with van der Waals surface area (Å²) in [5, 5.41) is 10.8. The van der Waals surface area contributed by atoms with Crippen LogP contribution in [-0.2, 0) is 29.5 Å². The van der Waals surface area contributed by atoms with Gasteiger partial charge in [-0.3, -0.25) is 4.79 Å². The quantitative estimate of drug-likeness (QED) is 0.0169. The summed E-state index contributed by atoms with van der Waals surface area (Å²) in [7, 11) is 0. The Morgan fingerprint density at radius 2 is 1.53 bits per heavy atom. The first kappa shape index (κ1) is 53.6. The van der Waals surface area contributed by atoms with E-state index in [4.69, 9.17) is 30.3 Å². The lowest BCUT2D eigenvalue weighted by molar-refractivity contribution is -0.149. The van der Waals surface area contributed by atoms with Gasteiger partial charge in [-0.15, -0.1) is 6.58 Å². The minimum absolute atomic E-state index is 0.0511. The summed E-state index contributed by atoms with van der Waals surface area (Å²) in [6.07, 6.45) is 18.7. The highest BCUT2D eigenvalue weighted by molar-refractivity contribution is 7.80. The molecule has 2 fully saturated rings. The summed E-state index contributed by atoms with van der Waals surface area (Å²) >= 11 is 5.78. The lowest BCUT2D eigenvalue weighted by Gasteiger charge is -2.47. The first-order valence-corrected chi connectivity index (χ1v) is 27.3. The number of allylic oxidation sites excluding steroid dienone is 8. The molecule has 4 aromatic carbocycles. The van der Waals surface area contributed by atoms with Gasteiger partial charge in [0.05, 0.1) is 11.3 Å². The van der Waals surface area contributed by atoms with Crippen LogP contribution < -0.4 is 27.4 Å². The van der Waals surface area contributed by atoms with Crippen LogP contribution in [0, 0.1) is 18.3 Å². The molecule has 74 heavy (non-hydrogen) atoms. The minimum atomic E-state index is -0.345. The van der Waals surface area contributed by atoms with Crippen molar-refractivity contribution in [3.8, 4) is 0 Å². The summed E-state index contributed by atoms with van der Waals surface area (Å²) in [5.74, 6) is 0.274. The molecule has 1 saturated carbocycles. The normalized spacial score (nSPS) is 19.9. The Morgan fingerprint density at radius 3 is 2.14 bits per heavy atom. The number of benzene rings is 4. The van der Waals surface area contributed by atoms with Crippen molar-refractivity contribution in [2.75, 3.05) is 24.1 Å². The number of aryl methyl sites for hydroxylation is 3. The Hall–Kier alpha value is -6.64. The number of nitrogens with one attached hydrogen (secondary N) is 3. The third kappa shape index (κ3) is 11.7. The summed E-state index contributed by atoms with van der Waals surface area (Å²) in [5.41, 5.74) is 34.5. The molecule has 0 bridgehead atoms. The molecule has 5 aliphatic rings. The predicted molar refractivity (Wildman–Crippen MR) is 318 cm³/mol. The molecule has 3 atom stereocenters. The van der Waals surface area contributed by atoms with Crippen LogP contribution in [0.25, 0.3) is 11.3 Å². The van der Waals surface area contributed by atoms with Crippen LogP contribution in [0.1, 0.15) is 148 Å². The van der Waals surface area contributed by atoms with Gasteiger partial charge in [0.15, 0.2) is 5.11 Å². The van der Waals surface area contributed by atoms with Crippen molar-refractivity contribution in [3.05, 3.63) is 213 Å². The van der Waals surface area contributed by atoms with Crippen LogP contribution >= 0.6 is 12.2 Å². The van der Waals surface area contributed by atoms with Gasteiger partial charge < -0.3 is 32.3 Å². The van der Waals surface area contributed by atoms with Crippen molar-refractivity contribution in [2.24, 2.45) is 17.1 Å². The SMILES string of the molecule is C=C(C)CCCc1ccc2c(c1)Cc1cc(CC/C(=C(\C(=C)C)N3C(=O)[C@@H](C)C3C)C3(C)CC3)ccc1C21CC(=C)c2cc(NC(=S)NCCNC(=C)c3cc(C)cc(N)c3)ccc21.C=C(N)CC1=CCCC=C1. The Bertz CT molecular complexity index is 3010. The van der Waals surface area contributed by atoms with Gasteiger partial charge in [-0.1, -0.05) is 106 Å². The molecular weight excluding hydrogens is 925 g/mol. The second-order valence-electron chi connectivity index (χ2n) is 22.3. The second kappa shape index (κ2) is 22.5. The molecule has 4 aliphatic carbocycles. The third-order valence-electron chi connectivity index (χ3n) is 16.1. The van der Waals surface area contributed by atoms with Crippen molar-refractivity contribution in [3.63, 3.8) is 0 Å². The van der Waals surface area contributed by atoms with E-state index in [1.165, 1.54) is 67.6 Å². The zero-order valence-electron chi connectivity index (χ0n) is 45.2. The van der Waals surface area contributed by atoms with Crippen LogP contribution in [0.2, 0.25) is 0 Å². The fourth-order valence-corrected chi connectivity index (χ4v) is 12.0. The maximum Gasteiger partial charge on any atom is 0.232 e. The summed E-state index contributed by atoms with van der Waals surface area (Å²) < 4.78 is 0. The van der Waals surface area contributed by atoms with Crippen LogP contribution in [-0.4, -0.2) is 35.1 Å². The van der Waals surface area contributed by atoms with Gasteiger partial charge in [0.25, 0.3) is 0 Å². The number of anilines is 2. The van der Waals surface area contributed by atoms with E-state index in [1.54, 1.807) is 0 Å². The number of β-lactam (4-membered cyclic amide) rings is 1. The number of thiocarbonyl (C=S) groups is 1. The molecule has 386 valence electrons. The molecule has 2 unspecified atom stereocenters. The van der Waals surface area contributed by atoms with Crippen LogP contribution in [0.4, 0.5) is 11.4 Å². The second-order valence-corrected chi connectivity index (χ2v) is 22.7. The highest BCUT2D eigenvalue weighted by Gasteiger charge is 2.50. The third-order valence-corrected chi connectivity index (χ3v) is 16.3. The topological polar surface area (TPSA) is 108 Å². The van der Waals surface area contributed by atoms with Crippen LogP contribution in [0.5, 0.6) is 0 Å². The molecule has 1 heterocycles. The van der Waals surface area contributed by atoms with Crippen LogP contribution in [0.15, 0.2) is 158 Å². The number of carbonyl (C=O) groups is 1. The van der Waals surface area contributed by atoms with Crippen molar-refractivity contribution >= 4 is 45.9 Å². The lowest BCUT2D eigenvalue weighted by atomic mass is 9.63. The number of nitrogens with zero attached hydrogens (tertiary/aromatic N) is 1. The van der Waals surface area contributed by atoms with Gasteiger partial charge >= 0.3 is 0 Å². The smallest absolute Gasteiger partial charge is 0.232 e. The van der Waals surface area contributed by atoms with E-state index in [2.05, 4.69) is 149 Å². The van der Waals surface area contributed by atoms with E-state index < -0.39 is 0 Å². The maximum absolute atomic E-state index is 13.3. The average molecular weight is 1010 g/mol. The number of fused-ring (bicyclic) bond motifs is 6. The molecule has 0 radical (unpaired) electrons. The van der Waals surface area contributed by atoms with E-state index in [0.717, 1.165) is 121 Å². The van der Waals surface area contributed by atoms with Gasteiger partial charge in [-0.05, 0) is 224 Å². The van der Waals surface area contributed by atoms with Crippen molar-refractivity contribution < 1.29 is 4.79 Å². The highest BCUT2D eigenvalue weighted by atomic mass is 32.1. The van der Waals surface area contributed by atoms with E-state index in [-0.39, 0.29) is 28.7 Å². The molecule has 1 spiro atoms. The van der Waals surface area contributed by atoms with Gasteiger partial charge in [0, 0.05) is 54.0 Å². The molecule has 4 aromatic rings. The Labute approximate surface area is 448 Å². The Morgan fingerprint density at radius 1 is 0.851 bits per heavy atom. The fourth-order valence-electron chi connectivity index (χ4n) is 11.8. The predicted octanol–water partition coefficient (Wildman–Crippen LogP) is 14.2. The van der Waals surface area contributed by atoms with E-state index in [9.17, 15) is 4.79 Å². The standard InChI is InChI=1S/C57H67N5OS.C9H13N/c1-34(2)12-11-13-41-14-18-49-44(28-41)30-45-29-42(16-20-52(56(10)22-23-56)53(35(3)4)62-40(9)38(7)54(62)63)15-19-50(45)57(49)33-37(6)48-32-47(17-21-51(48)57)61-55(64)60-25-24-59-39(8)43-26-36(5)27-46(58)31-43;1-8(10)7-9-5-3-2-4-6-9/h14-15,17-19,21,26-29,31-32,38,40,59H,1,3,6,8,11-13,16,20,22-25,30,33,58H2,2,4-5,7,9-10H3,(H2,60,61,64);3,5-6H,1-2,4,7,10H2/b53-52-;/t38-,40?,57?;/m0./s1.